The molecule has 1 aliphatic carbocycles. The van der Waals surface area contributed by atoms with Gasteiger partial charge in [-0.1, -0.05) is 30.3 Å². The van der Waals surface area contributed by atoms with E-state index in [1.54, 1.807) is 0 Å². The third-order valence-electron chi connectivity index (χ3n) is 4.81. The van der Waals surface area contributed by atoms with E-state index in [-0.39, 0.29) is 0 Å². The Hall–Kier alpha value is -2.89. The summed E-state index contributed by atoms with van der Waals surface area (Å²) in [6, 6.07) is 14.9. The molecule has 0 spiro atoms. The Labute approximate surface area is 153 Å². The number of nitrogens with zero attached hydrogens (tertiary/aromatic N) is 4. The van der Waals surface area contributed by atoms with Crippen LogP contribution in [0.3, 0.4) is 0 Å². The Balaban J connectivity index is 1.45. The lowest BCUT2D eigenvalue weighted by atomic mass is 10.0. The Morgan fingerprint density at radius 2 is 2.04 bits per heavy atom. The van der Waals surface area contributed by atoms with E-state index < -0.39 is 0 Å². The fourth-order valence-electron chi connectivity index (χ4n) is 3.35. The standard InChI is InChI=1S/C20H24N6/c1-3-21-20(22-13-19-25-24-18-10-6-7-11-26(18)19)23-17-12-16(17)15-9-5-4-8-14(15)2/h4-11,16-17H,3,12-13H2,1-2H3,(H2,21,22,23). The highest BCUT2D eigenvalue weighted by molar-refractivity contribution is 5.80. The lowest BCUT2D eigenvalue weighted by molar-refractivity contribution is 0.782. The van der Waals surface area contributed by atoms with Crippen LogP contribution < -0.4 is 10.6 Å². The van der Waals surface area contributed by atoms with E-state index in [2.05, 4.69) is 58.9 Å². The second kappa shape index (κ2) is 7.15. The average Bonchev–Trinajstić information content (AvgIpc) is 3.29. The quantitative estimate of drug-likeness (QED) is 0.549. The molecule has 1 aliphatic rings. The number of aryl methyl sites for hydroxylation is 1. The Kier molecular flexibility index (Phi) is 4.56. The van der Waals surface area contributed by atoms with Gasteiger partial charge in [-0.25, -0.2) is 4.99 Å². The van der Waals surface area contributed by atoms with E-state index >= 15 is 0 Å². The number of rotatable bonds is 5. The van der Waals surface area contributed by atoms with Crippen molar-refractivity contribution in [2.24, 2.45) is 4.99 Å². The zero-order valence-electron chi connectivity index (χ0n) is 15.2. The van der Waals surface area contributed by atoms with E-state index in [1.807, 2.05) is 28.8 Å². The number of aromatic nitrogens is 3. The first-order chi connectivity index (χ1) is 12.8. The smallest absolute Gasteiger partial charge is 0.191 e. The molecule has 4 rings (SSSR count). The number of nitrogens with one attached hydrogen (secondary N) is 2. The maximum Gasteiger partial charge on any atom is 0.191 e. The molecule has 1 saturated carbocycles. The fourth-order valence-corrected chi connectivity index (χ4v) is 3.35. The highest BCUT2D eigenvalue weighted by atomic mass is 15.3. The predicted molar refractivity (Wildman–Crippen MR) is 103 cm³/mol. The van der Waals surface area contributed by atoms with E-state index in [1.165, 1.54) is 11.1 Å². The van der Waals surface area contributed by atoms with Crippen LogP contribution in [0.1, 0.15) is 36.2 Å². The van der Waals surface area contributed by atoms with Crippen molar-refractivity contribution < 1.29 is 0 Å². The molecule has 0 saturated heterocycles. The Morgan fingerprint density at radius 1 is 1.19 bits per heavy atom. The summed E-state index contributed by atoms with van der Waals surface area (Å²) in [7, 11) is 0. The normalized spacial score (nSPS) is 19.5. The summed E-state index contributed by atoms with van der Waals surface area (Å²) in [5.41, 5.74) is 3.64. The van der Waals surface area contributed by atoms with Crippen molar-refractivity contribution in [3.05, 3.63) is 65.6 Å². The molecule has 1 aromatic carbocycles. The molecular formula is C20H24N6. The third kappa shape index (κ3) is 3.40. The first-order valence-corrected chi connectivity index (χ1v) is 9.15. The largest absolute Gasteiger partial charge is 0.357 e. The monoisotopic (exact) mass is 348 g/mol. The van der Waals surface area contributed by atoms with Crippen LogP contribution in [-0.2, 0) is 6.54 Å². The summed E-state index contributed by atoms with van der Waals surface area (Å²) in [6.45, 7) is 5.58. The zero-order valence-corrected chi connectivity index (χ0v) is 15.2. The van der Waals surface area contributed by atoms with Crippen LogP contribution in [0.5, 0.6) is 0 Å². The van der Waals surface area contributed by atoms with E-state index in [0.29, 0.717) is 18.5 Å². The maximum atomic E-state index is 4.71. The number of benzene rings is 1. The van der Waals surface area contributed by atoms with Crippen molar-refractivity contribution in [1.29, 1.82) is 0 Å². The SMILES string of the molecule is CCNC(=NCc1nnc2ccccn12)NC1CC1c1ccccc1C. The van der Waals surface area contributed by atoms with Gasteiger partial charge >= 0.3 is 0 Å². The van der Waals surface area contributed by atoms with Gasteiger partial charge in [0.05, 0.1) is 0 Å². The minimum absolute atomic E-state index is 0.434. The van der Waals surface area contributed by atoms with E-state index in [4.69, 9.17) is 4.99 Å². The van der Waals surface area contributed by atoms with Gasteiger partial charge in [-0.2, -0.15) is 0 Å². The van der Waals surface area contributed by atoms with Crippen molar-refractivity contribution in [2.45, 2.75) is 38.8 Å². The predicted octanol–water partition coefficient (Wildman–Crippen LogP) is 2.65. The third-order valence-corrected chi connectivity index (χ3v) is 4.81. The molecule has 0 aliphatic heterocycles. The molecule has 2 aromatic heterocycles. The van der Waals surface area contributed by atoms with E-state index in [0.717, 1.165) is 30.4 Å². The second-order valence-corrected chi connectivity index (χ2v) is 6.69. The first-order valence-electron chi connectivity index (χ1n) is 9.15. The lowest BCUT2D eigenvalue weighted by Crippen LogP contribution is -2.39. The number of hydrogen-bond donors (Lipinski definition) is 2. The van der Waals surface area contributed by atoms with Crippen LogP contribution in [0.15, 0.2) is 53.7 Å². The van der Waals surface area contributed by atoms with Gasteiger partial charge in [0.1, 0.15) is 6.54 Å². The van der Waals surface area contributed by atoms with E-state index in [9.17, 15) is 0 Å². The summed E-state index contributed by atoms with van der Waals surface area (Å²) in [6.07, 6.45) is 3.11. The van der Waals surface area contributed by atoms with Crippen LogP contribution >= 0.6 is 0 Å². The van der Waals surface area contributed by atoms with Crippen molar-refractivity contribution >= 4 is 11.6 Å². The molecule has 2 N–H and O–H groups in total. The Bertz CT molecular complexity index is 929. The van der Waals surface area contributed by atoms with Gasteiger partial charge in [0.2, 0.25) is 0 Å². The van der Waals surface area contributed by atoms with Crippen LogP contribution in [0.2, 0.25) is 0 Å². The molecular weight excluding hydrogens is 324 g/mol. The minimum atomic E-state index is 0.434. The summed E-state index contributed by atoms with van der Waals surface area (Å²) in [5, 5.41) is 15.3. The average molecular weight is 348 g/mol. The summed E-state index contributed by atoms with van der Waals surface area (Å²) >= 11 is 0. The lowest BCUT2D eigenvalue weighted by Gasteiger charge is -2.11. The van der Waals surface area contributed by atoms with Crippen LogP contribution in [0.4, 0.5) is 0 Å². The van der Waals surface area contributed by atoms with Crippen molar-refractivity contribution in [3.8, 4) is 0 Å². The van der Waals surface area contributed by atoms with Gasteiger partial charge in [-0.15, -0.1) is 10.2 Å². The number of aliphatic imine (C=N–C) groups is 1. The van der Waals surface area contributed by atoms with Crippen LogP contribution in [0.25, 0.3) is 5.65 Å². The minimum Gasteiger partial charge on any atom is -0.357 e. The van der Waals surface area contributed by atoms with Gasteiger partial charge in [-0.3, -0.25) is 4.40 Å². The number of pyridine rings is 1. The highest BCUT2D eigenvalue weighted by Gasteiger charge is 2.39. The molecule has 6 heteroatoms. The van der Waals surface area contributed by atoms with Crippen LogP contribution in [0, 0.1) is 6.92 Å². The summed E-state index contributed by atoms with van der Waals surface area (Å²) in [4.78, 5) is 4.71. The molecule has 0 bridgehead atoms. The molecule has 3 aromatic rings. The number of hydrogen-bond acceptors (Lipinski definition) is 3. The van der Waals surface area contributed by atoms with Crippen molar-refractivity contribution in [1.82, 2.24) is 25.2 Å². The molecule has 2 unspecified atom stereocenters. The van der Waals surface area contributed by atoms with Gasteiger partial charge in [0.25, 0.3) is 0 Å². The van der Waals surface area contributed by atoms with Gasteiger partial charge < -0.3 is 10.6 Å². The molecule has 6 nitrogen and oxygen atoms in total. The van der Waals surface area contributed by atoms with Gasteiger partial charge in [0, 0.05) is 24.7 Å². The van der Waals surface area contributed by atoms with Gasteiger partial charge in [0.15, 0.2) is 17.4 Å². The van der Waals surface area contributed by atoms with Crippen molar-refractivity contribution in [2.75, 3.05) is 6.54 Å². The zero-order chi connectivity index (χ0) is 17.9. The molecule has 134 valence electrons. The molecule has 0 radical (unpaired) electrons. The maximum absolute atomic E-state index is 4.71. The molecule has 2 heterocycles. The fraction of sp³-hybridized carbons (Fsp3) is 0.350. The molecule has 0 amide bonds. The topological polar surface area (TPSA) is 66.6 Å². The molecule has 1 fully saturated rings. The summed E-state index contributed by atoms with van der Waals surface area (Å²) in [5.74, 6) is 2.24. The molecule has 2 atom stereocenters. The number of guanidine groups is 1. The van der Waals surface area contributed by atoms with Gasteiger partial charge in [-0.05, 0) is 43.5 Å². The molecule has 26 heavy (non-hydrogen) atoms. The highest BCUT2D eigenvalue weighted by Crippen LogP contribution is 2.42. The second-order valence-electron chi connectivity index (χ2n) is 6.69. The number of fused-ring (bicyclic) bond motifs is 1. The Morgan fingerprint density at radius 3 is 2.88 bits per heavy atom. The summed E-state index contributed by atoms with van der Waals surface area (Å²) < 4.78 is 1.97. The van der Waals surface area contributed by atoms with Crippen molar-refractivity contribution in [3.63, 3.8) is 0 Å². The van der Waals surface area contributed by atoms with Crippen LogP contribution in [-0.4, -0.2) is 33.1 Å². The first kappa shape index (κ1) is 16.6.